The summed E-state index contributed by atoms with van der Waals surface area (Å²) in [6.45, 7) is 0. The van der Waals surface area contributed by atoms with E-state index >= 15 is 0 Å². The second kappa shape index (κ2) is 10.3. The van der Waals surface area contributed by atoms with Crippen LogP contribution in [0.2, 0.25) is 0 Å². The minimum Gasteiger partial charge on any atom is -0.465 e. The van der Waals surface area contributed by atoms with Crippen LogP contribution in [0, 0.1) is 0 Å². The largest absolute Gasteiger partial charge is 0.465 e. The topological polar surface area (TPSA) is 67.8 Å². The molecule has 0 spiro atoms. The molecule has 25 heavy (non-hydrogen) atoms. The summed E-state index contributed by atoms with van der Waals surface area (Å²) in [6.07, 6.45) is 2.47. The molecule has 1 amide bonds. The molecule has 0 atom stereocenters. The fourth-order valence-corrected chi connectivity index (χ4v) is 2.81. The number of thioether (sulfide) groups is 1. The molecule has 0 aliphatic rings. The number of hydrogen-bond donors (Lipinski definition) is 1. The second-order valence-corrected chi connectivity index (χ2v) is 6.30. The smallest absolute Gasteiger partial charge is 0.337 e. The van der Waals surface area contributed by atoms with Crippen molar-refractivity contribution in [2.24, 2.45) is 5.10 Å². The lowest BCUT2D eigenvalue weighted by molar-refractivity contribution is -0.118. The molecule has 2 aromatic rings. The lowest BCUT2D eigenvalue weighted by Gasteiger charge is -2.02. The summed E-state index contributed by atoms with van der Waals surface area (Å²) in [5.41, 5.74) is 5.02. The molecule has 0 aliphatic heterocycles. The fraction of sp³-hybridized carbons (Fsp3) is 0.211. The first-order valence-electron chi connectivity index (χ1n) is 7.81. The van der Waals surface area contributed by atoms with Crippen LogP contribution < -0.4 is 5.43 Å². The van der Waals surface area contributed by atoms with Gasteiger partial charge in [-0.2, -0.15) is 16.9 Å². The van der Waals surface area contributed by atoms with E-state index in [9.17, 15) is 9.59 Å². The Balaban J connectivity index is 1.67. The molecular formula is C19H20N2O3S. The normalized spacial score (nSPS) is 10.6. The number of esters is 1. The number of ether oxygens (including phenoxy) is 1. The quantitative estimate of drug-likeness (QED) is 0.342. The number of hydrogen-bond acceptors (Lipinski definition) is 5. The monoisotopic (exact) mass is 356 g/mol. The Hall–Kier alpha value is -2.60. The summed E-state index contributed by atoms with van der Waals surface area (Å²) in [5.74, 6) is 0.728. The summed E-state index contributed by atoms with van der Waals surface area (Å²) in [6, 6.07) is 16.9. The van der Waals surface area contributed by atoms with E-state index in [4.69, 9.17) is 0 Å². The molecule has 0 bridgehead atoms. The number of benzene rings is 2. The van der Waals surface area contributed by atoms with Gasteiger partial charge in [0.25, 0.3) is 0 Å². The summed E-state index contributed by atoms with van der Waals surface area (Å²) >= 11 is 1.57. The van der Waals surface area contributed by atoms with Crippen molar-refractivity contribution in [2.45, 2.75) is 6.42 Å². The molecule has 0 radical (unpaired) electrons. The molecule has 1 N–H and O–H groups in total. The van der Waals surface area contributed by atoms with Crippen LogP contribution in [-0.4, -0.2) is 36.7 Å². The Morgan fingerprint density at radius 1 is 1.12 bits per heavy atom. The van der Waals surface area contributed by atoms with Crippen LogP contribution >= 0.6 is 11.8 Å². The third-order valence-corrected chi connectivity index (χ3v) is 4.30. The number of amides is 1. The molecular weight excluding hydrogens is 336 g/mol. The molecule has 2 rings (SSSR count). The minimum absolute atomic E-state index is 0.138. The highest BCUT2D eigenvalue weighted by molar-refractivity contribution is 7.99. The number of nitrogens with one attached hydrogen (secondary N) is 1. The highest BCUT2D eigenvalue weighted by atomic mass is 32.2. The van der Waals surface area contributed by atoms with E-state index in [1.165, 1.54) is 18.9 Å². The Morgan fingerprint density at radius 3 is 2.52 bits per heavy atom. The van der Waals surface area contributed by atoms with Gasteiger partial charge in [-0.3, -0.25) is 4.79 Å². The first-order chi connectivity index (χ1) is 12.2. The van der Waals surface area contributed by atoms with E-state index in [-0.39, 0.29) is 11.9 Å². The van der Waals surface area contributed by atoms with Gasteiger partial charge in [0.15, 0.2) is 0 Å². The highest BCUT2D eigenvalue weighted by Gasteiger charge is 2.03. The van der Waals surface area contributed by atoms with Crippen LogP contribution in [-0.2, 0) is 16.0 Å². The SMILES string of the molecule is COC(=O)c1ccc(C=NNC(=O)CSCCc2ccccc2)cc1. The van der Waals surface area contributed by atoms with Crippen molar-refractivity contribution in [3.05, 3.63) is 71.3 Å². The minimum atomic E-state index is -0.385. The Morgan fingerprint density at radius 2 is 1.84 bits per heavy atom. The van der Waals surface area contributed by atoms with Crippen molar-refractivity contribution >= 4 is 29.9 Å². The average molecular weight is 356 g/mol. The summed E-state index contributed by atoms with van der Waals surface area (Å²) in [4.78, 5) is 23.0. The van der Waals surface area contributed by atoms with Gasteiger partial charge < -0.3 is 4.74 Å². The van der Waals surface area contributed by atoms with Gasteiger partial charge in [-0.1, -0.05) is 42.5 Å². The zero-order valence-corrected chi connectivity index (χ0v) is 14.8. The molecule has 0 saturated heterocycles. The number of hydrazone groups is 1. The maximum absolute atomic E-state index is 11.7. The molecule has 0 aliphatic carbocycles. The molecule has 5 nitrogen and oxygen atoms in total. The lowest BCUT2D eigenvalue weighted by Crippen LogP contribution is -2.20. The van der Waals surface area contributed by atoms with Gasteiger partial charge in [0.2, 0.25) is 5.91 Å². The van der Waals surface area contributed by atoms with E-state index in [1.807, 2.05) is 18.2 Å². The van der Waals surface area contributed by atoms with Gasteiger partial charge in [-0.25, -0.2) is 10.2 Å². The maximum Gasteiger partial charge on any atom is 0.337 e. The van der Waals surface area contributed by atoms with Crippen molar-refractivity contribution in [3.8, 4) is 0 Å². The van der Waals surface area contributed by atoms with Crippen molar-refractivity contribution in [1.82, 2.24) is 5.43 Å². The molecule has 0 aromatic heterocycles. The number of carbonyl (C=O) groups excluding carboxylic acids is 2. The van der Waals surface area contributed by atoms with Crippen LogP contribution in [0.1, 0.15) is 21.5 Å². The second-order valence-electron chi connectivity index (χ2n) is 5.19. The number of nitrogens with zero attached hydrogens (tertiary/aromatic N) is 1. The van der Waals surface area contributed by atoms with Gasteiger partial charge in [-0.05, 0) is 35.4 Å². The summed E-state index contributed by atoms with van der Waals surface area (Å²) in [5, 5.41) is 3.92. The fourth-order valence-electron chi connectivity index (χ4n) is 2.03. The molecule has 0 fully saturated rings. The van der Waals surface area contributed by atoms with Gasteiger partial charge in [0.1, 0.15) is 0 Å². The standard InChI is InChI=1S/C19H20N2O3S/c1-24-19(23)17-9-7-16(8-10-17)13-20-21-18(22)14-25-12-11-15-5-3-2-4-6-15/h2-10,13H,11-12,14H2,1H3,(H,21,22). The van der Waals surface area contributed by atoms with Gasteiger partial charge in [-0.15, -0.1) is 0 Å². The number of rotatable bonds is 8. The lowest BCUT2D eigenvalue weighted by atomic mass is 10.1. The molecule has 6 heteroatoms. The number of aryl methyl sites for hydroxylation is 1. The van der Waals surface area contributed by atoms with Crippen LogP contribution in [0.3, 0.4) is 0 Å². The summed E-state index contributed by atoms with van der Waals surface area (Å²) in [7, 11) is 1.34. The van der Waals surface area contributed by atoms with Crippen LogP contribution in [0.4, 0.5) is 0 Å². The first kappa shape index (κ1) is 18.7. The van der Waals surface area contributed by atoms with E-state index < -0.39 is 0 Å². The van der Waals surface area contributed by atoms with E-state index in [0.717, 1.165) is 17.7 Å². The highest BCUT2D eigenvalue weighted by Crippen LogP contribution is 2.07. The van der Waals surface area contributed by atoms with Gasteiger partial charge >= 0.3 is 5.97 Å². The average Bonchev–Trinajstić information content (AvgIpc) is 2.66. The first-order valence-corrected chi connectivity index (χ1v) is 8.96. The van der Waals surface area contributed by atoms with Crippen molar-refractivity contribution in [1.29, 1.82) is 0 Å². The van der Waals surface area contributed by atoms with E-state index in [0.29, 0.717) is 11.3 Å². The predicted octanol–water partition coefficient (Wildman–Crippen LogP) is 2.90. The zero-order chi connectivity index (χ0) is 17.9. The van der Waals surface area contributed by atoms with Crippen molar-refractivity contribution < 1.29 is 14.3 Å². The third kappa shape index (κ3) is 6.81. The molecule has 130 valence electrons. The van der Waals surface area contributed by atoms with E-state index in [2.05, 4.69) is 27.4 Å². The molecule has 0 unspecified atom stereocenters. The van der Waals surface area contributed by atoms with Gasteiger partial charge in [0, 0.05) is 0 Å². The molecule has 2 aromatic carbocycles. The van der Waals surface area contributed by atoms with Crippen molar-refractivity contribution in [3.63, 3.8) is 0 Å². The van der Waals surface area contributed by atoms with Crippen LogP contribution in [0.15, 0.2) is 59.7 Å². The predicted molar refractivity (Wildman–Crippen MR) is 101 cm³/mol. The van der Waals surface area contributed by atoms with Crippen LogP contribution in [0.25, 0.3) is 0 Å². The molecule has 0 heterocycles. The third-order valence-electron chi connectivity index (χ3n) is 3.35. The van der Waals surface area contributed by atoms with Crippen molar-refractivity contribution in [2.75, 3.05) is 18.6 Å². The van der Waals surface area contributed by atoms with Gasteiger partial charge in [0.05, 0.1) is 24.6 Å². The molecule has 0 saturated carbocycles. The Bertz CT molecular complexity index is 715. The number of carbonyl (C=O) groups is 2. The van der Waals surface area contributed by atoms with Crippen LogP contribution in [0.5, 0.6) is 0 Å². The Labute approximate surface area is 151 Å². The van der Waals surface area contributed by atoms with E-state index in [1.54, 1.807) is 36.0 Å². The number of methoxy groups -OCH3 is 1. The Kier molecular flexibility index (Phi) is 7.72. The zero-order valence-electron chi connectivity index (χ0n) is 14.0. The maximum atomic E-state index is 11.7. The summed E-state index contributed by atoms with van der Waals surface area (Å²) < 4.78 is 4.63.